The Morgan fingerprint density at radius 2 is 2.05 bits per heavy atom. The van der Waals surface area contributed by atoms with Crippen LogP contribution in [0.2, 0.25) is 0 Å². The molecule has 6 heteroatoms. The fourth-order valence-electron chi connectivity index (χ4n) is 2.36. The van der Waals surface area contributed by atoms with Crippen molar-refractivity contribution in [1.29, 1.82) is 0 Å². The van der Waals surface area contributed by atoms with E-state index in [4.69, 9.17) is 0 Å². The molecule has 0 aliphatic carbocycles. The summed E-state index contributed by atoms with van der Waals surface area (Å²) in [5.74, 6) is 0.549. The molecule has 0 bridgehead atoms. The molecule has 2 heterocycles. The molecule has 1 saturated heterocycles. The Balaban J connectivity index is 1.96. The van der Waals surface area contributed by atoms with Crippen molar-refractivity contribution in [2.24, 2.45) is 0 Å². The molecule has 2 rings (SSSR count). The average molecular weight is 291 g/mol. The van der Waals surface area contributed by atoms with Crippen LogP contribution in [0.4, 0.5) is 5.95 Å². The zero-order valence-electron chi connectivity index (χ0n) is 13.0. The highest BCUT2D eigenvalue weighted by Crippen LogP contribution is 2.11. The van der Waals surface area contributed by atoms with Gasteiger partial charge in [0.05, 0.1) is 0 Å². The number of carbonyl (C=O) groups is 1. The summed E-state index contributed by atoms with van der Waals surface area (Å²) in [6.07, 6.45) is 3.73. The van der Waals surface area contributed by atoms with E-state index in [1.54, 1.807) is 12.3 Å². The van der Waals surface area contributed by atoms with Crippen LogP contribution in [0.1, 0.15) is 37.2 Å². The molecular formula is C15H25N5O. The Morgan fingerprint density at radius 3 is 2.71 bits per heavy atom. The van der Waals surface area contributed by atoms with Crippen molar-refractivity contribution in [3.05, 3.63) is 18.0 Å². The van der Waals surface area contributed by atoms with E-state index in [2.05, 4.69) is 38.9 Å². The maximum atomic E-state index is 12.0. The number of aromatic nitrogens is 2. The van der Waals surface area contributed by atoms with Gasteiger partial charge >= 0.3 is 0 Å². The molecule has 0 spiro atoms. The fraction of sp³-hybridized carbons (Fsp3) is 0.667. The van der Waals surface area contributed by atoms with Gasteiger partial charge in [0.1, 0.15) is 5.69 Å². The Morgan fingerprint density at radius 1 is 1.29 bits per heavy atom. The van der Waals surface area contributed by atoms with Gasteiger partial charge in [0.15, 0.2) is 0 Å². The second-order valence-electron chi connectivity index (χ2n) is 5.27. The lowest BCUT2D eigenvalue weighted by molar-refractivity contribution is 0.0948. The van der Waals surface area contributed by atoms with Crippen molar-refractivity contribution in [3.8, 4) is 0 Å². The number of carbonyl (C=O) groups excluding carboxylic acids is 1. The van der Waals surface area contributed by atoms with Crippen LogP contribution in [0.15, 0.2) is 12.3 Å². The standard InChI is InChI=1S/C15H25N5O/c1-3-5-7-16-14(21)13-6-8-17-15(18-13)20-11-9-19(4-2)10-12-20/h6,8H,3-5,7,9-12H2,1-2H3,(H,16,21). The minimum absolute atomic E-state index is 0.112. The van der Waals surface area contributed by atoms with E-state index in [0.717, 1.165) is 45.6 Å². The topological polar surface area (TPSA) is 61.4 Å². The highest BCUT2D eigenvalue weighted by Gasteiger charge is 2.18. The summed E-state index contributed by atoms with van der Waals surface area (Å²) in [5, 5.41) is 2.89. The normalized spacial score (nSPS) is 16.0. The number of amides is 1. The second kappa shape index (κ2) is 7.93. The zero-order chi connectivity index (χ0) is 15.1. The number of nitrogens with zero attached hydrogens (tertiary/aromatic N) is 4. The van der Waals surface area contributed by atoms with E-state index in [-0.39, 0.29) is 5.91 Å². The van der Waals surface area contributed by atoms with Gasteiger partial charge in [-0.2, -0.15) is 0 Å². The van der Waals surface area contributed by atoms with Crippen LogP contribution in [0, 0.1) is 0 Å². The predicted octanol–water partition coefficient (Wildman–Crippen LogP) is 1.15. The number of piperazine rings is 1. The molecule has 0 saturated carbocycles. The third-order valence-electron chi connectivity index (χ3n) is 3.79. The van der Waals surface area contributed by atoms with Crippen molar-refractivity contribution in [1.82, 2.24) is 20.2 Å². The van der Waals surface area contributed by atoms with Crippen molar-refractivity contribution in [2.75, 3.05) is 44.2 Å². The summed E-state index contributed by atoms with van der Waals surface area (Å²) in [6.45, 7) is 9.92. The molecule has 0 unspecified atom stereocenters. The van der Waals surface area contributed by atoms with E-state index in [1.807, 2.05) is 0 Å². The van der Waals surface area contributed by atoms with E-state index in [0.29, 0.717) is 18.2 Å². The highest BCUT2D eigenvalue weighted by molar-refractivity contribution is 5.92. The van der Waals surface area contributed by atoms with Gasteiger partial charge in [-0.25, -0.2) is 9.97 Å². The maximum Gasteiger partial charge on any atom is 0.270 e. The average Bonchev–Trinajstić information content (AvgIpc) is 2.55. The first-order valence-corrected chi connectivity index (χ1v) is 7.83. The predicted molar refractivity (Wildman–Crippen MR) is 83.6 cm³/mol. The molecule has 1 amide bonds. The van der Waals surface area contributed by atoms with Crippen LogP contribution < -0.4 is 10.2 Å². The molecule has 1 aromatic heterocycles. The monoisotopic (exact) mass is 291 g/mol. The van der Waals surface area contributed by atoms with E-state index in [1.165, 1.54) is 0 Å². The van der Waals surface area contributed by atoms with Gasteiger partial charge in [0.25, 0.3) is 5.91 Å². The summed E-state index contributed by atoms with van der Waals surface area (Å²) < 4.78 is 0. The first kappa shape index (κ1) is 15.7. The minimum Gasteiger partial charge on any atom is -0.351 e. The minimum atomic E-state index is -0.112. The molecule has 1 aromatic rings. The highest BCUT2D eigenvalue weighted by atomic mass is 16.1. The lowest BCUT2D eigenvalue weighted by Gasteiger charge is -2.34. The van der Waals surface area contributed by atoms with Gasteiger partial charge in [-0.15, -0.1) is 0 Å². The van der Waals surface area contributed by atoms with Gasteiger partial charge in [0.2, 0.25) is 5.95 Å². The molecule has 1 N–H and O–H groups in total. The quantitative estimate of drug-likeness (QED) is 0.797. The molecule has 1 fully saturated rings. The largest absolute Gasteiger partial charge is 0.351 e. The zero-order valence-corrected chi connectivity index (χ0v) is 13.0. The Kier molecular flexibility index (Phi) is 5.92. The maximum absolute atomic E-state index is 12.0. The fourth-order valence-corrected chi connectivity index (χ4v) is 2.36. The van der Waals surface area contributed by atoms with Crippen LogP contribution in [0.25, 0.3) is 0 Å². The third kappa shape index (κ3) is 4.39. The number of nitrogens with one attached hydrogen (secondary N) is 1. The lowest BCUT2D eigenvalue weighted by atomic mass is 10.3. The summed E-state index contributed by atoms with van der Waals surface area (Å²) in [4.78, 5) is 25.3. The first-order chi connectivity index (χ1) is 10.2. The Hall–Kier alpha value is -1.69. The van der Waals surface area contributed by atoms with Crippen LogP contribution in [-0.4, -0.2) is 60.0 Å². The van der Waals surface area contributed by atoms with Gasteiger partial charge in [-0.1, -0.05) is 20.3 Å². The molecule has 1 aliphatic heterocycles. The number of hydrogen-bond acceptors (Lipinski definition) is 5. The van der Waals surface area contributed by atoms with E-state index in [9.17, 15) is 4.79 Å². The molecular weight excluding hydrogens is 266 g/mol. The number of hydrogen-bond donors (Lipinski definition) is 1. The second-order valence-corrected chi connectivity index (χ2v) is 5.27. The molecule has 21 heavy (non-hydrogen) atoms. The summed E-state index contributed by atoms with van der Waals surface area (Å²) in [5.41, 5.74) is 0.453. The van der Waals surface area contributed by atoms with Gasteiger partial charge in [-0.05, 0) is 19.0 Å². The van der Waals surface area contributed by atoms with Crippen LogP contribution in [0.3, 0.4) is 0 Å². The van der Waals surface area contributed by atoms with Gasteiger partial charge < -0.3 is 15.1 Å². The Labute approximate surface area is 126 Å². The SMILES string of the molecule is CCCCNC(=O)c1ccnc(N2CCN(CC)CC2)n1. The molecule has 116 valence electrons. The smallest absolute Gasteiger partial charge is 0.270 e. The van der Waals surface area contributed by atoms with E-state index < -0.39 is 0 Å². The van der Waals surface area contributed by atoms with Gasteiger partial charge in [-0.3, -0.25) is 4.79 Å². The molecule has 1 aliphatic rings. The summed E-state index contributed by atoms with van der Waals surface area (Å²) >= 11 is 0. The molecule has 0 radical (unpaired) electrons. The molecule has 6 nitrogen and oxygen atoms in total. The first-order valence-electron chi connectivity index (χ1n) is 7.83. The number of unbranched alkanes of at least 4 members (excludes halogenated alkanes) is 1. The van der Waals surface area contributed by atoms with Crippen LogP contribution in [0.5, 0.6) is 0 Å². The number of anilines is 1. The summed E-state index contributed by atoms with van der Waals surface area (Å²) in [6, 6.07) is 1.67. The number of likely N-dealkylation sites (N-methyl/N-ethyl adjacent to an activating group) is 1. The van der Waals surface area contributed by atoms with Crippen molar-refractivity contribution >= 4 is 11.9 Å². The Bertz CT molecular complexity index is 457. The van der Waals surface area contributed by atoms with E-state index >= 15 is 0 Å². The van der Waals surface area contributed by atoms with Crippen molar-refractivity contribution in [2.45, 2.75) is 26.7 Å². The number of rotatable bonds is 6. The third-order valence-corrected chi connectivity index (χ3v) is 3.79. The molecule has 0 aromatic carbocycles. The van der Waals surface area contributed by atoms with Crippen LogP contribution >= 0.6 is 0 Å². The summed E-state index contributed by atoms with van der Waals surface area (Å²) in [7, 11) is 0. The van der Waals surface area contributed by atoms with Gasteiger partial charge in [0, 0.05) is 38.9 Å². The van der Waals surface area contributed by atoms with Crippen LogP contribution in [-0.2, 0) is 0 Å². The van der Waals surface area contributed by atoms with Crippen molar-refractivity contribution in [3.63, 3.8) is 0 Å². The lowest BCUT2D eigenvalue weighted by Crippen LogP contribution is -2.46. The van der Waals surface area contributed by atoms with Crippen molar-refractivity contribution < 1.29 is 4.79 Å². The molecule has 0 atom stereocenters.